The number of carbonyl (C=O) groups is 1. The number of nitrogens with zero attached hydrogens (tertiary/aromatic N) is 6. The zero-order valence-electron chi connectivity index (χ0n) is 16.1. The Labute approximate surface area is 168 Å². The Kier molecular flexibility index (Phi) is 4.81. The molecule has 1 atom stereocenters. The van der Waals surface area contributed by atoms with E-state index in [0.717, 1.165) is 50.7 Å². The van der Waals surface area contributed by atoms with E-state index < -0.39 is 0 Å². The molecule has 0 aliphatic carbocycles. The van der Waals surface area contributed by atoms with Crippen molar-refractivity contribution in [1.29, 1.82) is 0 Å². The number of hydrogen-bond acceptors (Lipinski definition) is 7. The summed E-state index contributed by atoms with van der Waals surface area (Å²) in [5.41, 5.74) is 2.33. The Hall–Kier alpha value is -3.07. The Balaban J connectivity index is 1.23. The van der Waals surface area contributed by atoms with Gasteiger partial charge in [0.25, 0.3) is 5.91 Å². The molecular weight excluding hydrogens is 370 g/mol. The minimum absolute atomic E-state index is 0.0620. The van der Waals surface area contributed by atoms with Crippen molar-refractivity contribution in [3.63, 3.8) is 0 Å². The number of ether oxygens (including phenoxy) is 1. The molecule has 0 bridgehead atoms. The zero-order chi connectivity index (χ0) is 19.6. The average molecular weight is 393 g/mol. The minimum atomic E-state index is -0.0979. The van der Waals surface area contributed by atoms with Crippen molar-refractivity contribution in [3.05, 3.63) is 48.2 Å². The highest BCUT2D eigenvalue weighted by molar-refractivity contribution is 5.95. The highest BCUT2D eigenvalue weighted by atomic mass is 16.5. The number of rotatable bonds is 4. The van der Waals surface area contributed by atoms with E-state index in [9.17, 15) is 4.79 Å². The Morgan fingerprint density at radius 1 is 1.17 bits per heavy atom. The molecule has 0 aromatic carbocycles. The Bertz CT molecular complexity index is 1010. The van der Waals surface area contributed by atoms with Gasteiger partial charge in [-0.25, -0.2) is 19.5 Å². The molecule has 9 heteroatoms. The van der Waals surface area contributed by atoms with Crippen LogP contribution in [-0.4, -0.2) is 62.8 Å². The minimum Gasteiger partial charge on any atom is -0.381 e. The highest BCUT2D eigenvalue weighted by Gasteiger charge is 2.27. The summed E-state index contributed by atoms with van der Waals surface area (Å²) >= 11 is 0. The molecule has 2 fully saturated rings. The number of aromatic nitrogens is 5. The van der Waals surface area contributed by atoms with Gasteiger partial charge in [0.05, 0.1) is 0 Å². The van der Waals surface area contributed by atoms with E-state index in [0.29, 0.717) is 23.7 Å². The molecule has 2 aliphatic heterocycles. The lowest BCUT2D eigenvalue weighted by Crippen LogP contribution is -2.37. The summed E-state index contributed by atoms with van der Waals surface area (Å²) in [7, 11) is 0. The topological polar surface area (TPSA) is 97.5 Å². The molecule has 9 nitrogen and oxygen atoms in total. The third-order valence-corrected chi connectivity index (χ3v) is 5.65. The third kappa shape index (κ3) is 3.77. The van der Waals surface area contributed by atoms with E-state index in [1.54, 1.807) is 22.8 Å². The van der Waals surface area contributed by atoms with E-state index in [4.69, 9.17) is 9.72 Å². The van der Waals surface area contributed by atoms with Gasteiger partial charge in [-0.3, -0.25) is 4.79 Å². The SMILES string of the molecule is O=C(NC1CCN(c2nccc(C3CCOCC3)n2)C1)c1ccn2ncnc2c1. The quantitative estimate of drug-likeness (QED) is 0.716. The van der Waals surface area contributed by atoms with Gasteiger partial charge in [-0.2, -0.15) is 5.10 Å². The van der Waals surface area contributed by atoms with Crippen molar-refractivity contribution >= 4 is 17.5 Å². The first-order valence-electron chi connectivity index (χ1n) is 10.0. The van der Waals surface area contributed by atoms with Crippen LogP contribution in [0.15, 0.2) is 36.9 Å². The second-order valence-electron chi connectivity index (χ2n) is 7.55. The van der Waals surface area contributed by atoms with Crippen LogP contribution in [0.25, 0.3) is 5.65 Å². The van der Waals surface area contributed by atoms with Crippen LogP contribution in [0, 0.1) is 0 Å². The van der Waals surface area contributed by atoms with E-state index in [2.05, 4.69) is 25.3 Å². The summed E-state index contributed by atoms with van der Waals surface area (Å²) in [5, 5.41) is 7.17. The normalized spacial score (nSPS) is 20.3. The molecule has 1 N–H and O–H groups in total. The molecular formula is C20H23N7O2. The third-order valence-electron chi connectivity index (χ3n) is 5.65. The maximum absolute atomic E-state index is 12.6. The maximum atomic E-state index is 12.6. The summed E-state index contributed by atoms with van der Waals surface area (Å²) in [6.07, 6.45) is 7.93. The average Bonchev–Trinajstić information content (AvgIpc) is 3.43. The fraction of sp³-hybridized carbons (Fsp3) is 0.450. The number of carbonyl (C=O) groups excluding carboxylic acids is 1. The molecule has 1 amide bonds. The second-order valence-corrected chi connectivity index (χ2v) is 7.55. The van der Waals surface area contributed by atoms with Gasteiger partial charge in [0, 0.05) is 61.9 Å². The van der Waals surface area contributed by atoms with Gasteiger partial charge in [0.1, 0.15) is 6.33 Å². The molecule has 29 heavy (non-hydrogen) atoms. The van der Waals surface area contributed by atoms with Crippen LogP contribution in [0.4, 0.5) is 5.95 Å². The summed E-state index contributed by atoms with van der Waals surface area (Å²) in [4.78, 5) is 28.2. The Morgan fingerprint density at radius 3 is 2.97 bits per heavy atom. The lowest BCUT2D eigenvalue weighted by molar-refractivity contribution is 0.0845. The van der Waals surface area contributed by atoms with Crippen LogP contribution in [0.5, 0.6) is 0 Å². The largest absolute Gasteiger partial charge is 0.381 e. The molecule has 5 heterocycles. The van der Waals surface area contributed by atoms with E-state index in [1.165, 1.54) is 6.33 Å². The number of pyridine rings is 1. The summed E-state index contributed by atoms with van der Waals surface area (Å²) in [6.45, 7) is 3.12. The molecule has 3 aromatic heterocycles. The number of amides is 1. The van der Waals surface area contributed by atoms with E-state index in [-0.39, 0.29) is 11.9 Å². The van der Waals surface area contributed by atoms with Gasteiger partial charge in [0.15, 0.2) is 5.65 Å². The number of hydrogen-bond donors (Lipinski definition) is 1. The maximum Gasteiger partial charge on any atom is 0.251 e. The molecule has 0 spiro atoms. The lowest BCUT2D eigenvalue weighted by Gasteiger charge is -2.23. The van der Waals surface area contributed by atoms with Crippen LogP contribution in [-0.2, 0) is 4.74 Å². The van der Waals surface area contributed by atoms with E-state index >= 15 is 0 Å². The van der Waals surface area contributed by atoms with Crippen molar-refractivity contribution in [2.24, 2.45) is 0 Å². The predicted octanol–water partition coefficient (Wildman–Crippen LogP) is 1.42. The fourth-order valence-corrected chi connectivity index (χ4v) is 4.02. The predicted molar refractivity (Wildman–Crippen MR) is 106 cm³/mol. The zero-order valence-corrected chi connectivity index (χ0v) is 16.1. The van der Waals surface area contributed by atoms with Gasteiger partial charge in [-0.05, 0) is 37.5 Å². The van der Waals surface area contributed by atoms with Crippen molar-refractivity contribution in [1.82, 2.24) is 29.9 Å². The molecule has 3 aromatic rings. The smallest absolute Gasteiger partial charge is 0.251 e. The summed E-state index contributed by atoms with van der Waals surface area (Å²) in [5.74, 6) is 1.09. The van der Waals surface area contributed by atoms with Crippen LogP contribution >= 0.6 is 0 Å². The van der Waals surface area contributed by atoms with Crippen LogP contribution in [0.1, 0.15) is 41.2 Å². The molecule has 150 valence electrons. The van der Waals surface area contributed by atoms with Crippen molar-refractivity contribution < 1.29 is 9.53 Å². The molecule has 2 saturated heterocycles. The van der Waals surface area contributed by atoms with Gasteiger partial charge >= 0.3 is 0 Å². The first kappa shape index (κ1) is 18.0. The number of nitrogens with one attached hydrogen (secondary N) is 1. The summed E-state index contributed by atoms with van der Waals surface area (Å²) < 4.78 is 7.09. The molecule has 2 aliphatic rings. The van der Waals surface area contributed by atoms with Crippen molar-refractivity contribution in [3.8, 4) is 0 Å². The van der Waals surface area contributed by atoms with Gasteiger partial charge in [-0.15, -0.1) is 0 Å². The molecule has 0 radical (unpaired) electrons. The summed E-state index contributed by atoms with van der Waals surface area (Å²) in [6, 6.07) is 5.57. The first-order valence-corrected chi connectivity index (χ1v) is 10.0. The second kappa shape index (κ2) is 7.75. The molecule has 0 saturated carbocycles. The Morgan fingerprint density at radius 2 is 2.07 bits per heavy atom. The standard InChI is InChI=1S/C20H23N7O2/c28-19(15-2-8-27-18(11-15)22-13-23-27)24-16-3-7-26(12-16)20-21-6-1-17(25-20)14-4-9-29-10-5-14/h1-2,6,8,11,13-14,16H,3-5,7,9-10,12H2,(H,24,28). The number of fused-ring (bicyclic) bond motifs is 1. The monoisotopic (exact) mass is 393 g/mol. The highest BCUT2D eigenvalue weighted by Crippen LogP contribution is 2.26. The van der Waals surface area contributed by atoms with Crippen LogP contribution in [0.2, 0.25) is 0 Å². The lowest BCUT2D eigenvalue weighted by atomic mass is 9.96. The van der Waals surface area contributed by atoms with Gasteiger partial charge in [0.2, 0.25) is 5.95 Å². The van der Waals surface area contributed by atoms with Crippen LogP contribution in [0.3, 0.4) is 0 Å². The van der Waals surface area contributed by atoms with E-state index in [1.807, 2.05) is 12.3 Å². The molecule has 1 unspecified atom stereocenters. The van der Waals surface area contributed by atoms with Crippen molar-refractivity contribution in [2.45, 2.75) is 31.2 Å². The van der Waals surface area contributed by atoms with Crippen LogP contribution < -0.4 is 10.2 Å². The fourth-order valence-electron chi connectivity index (χ4n) is 4.02. The van der Waals surface area contributed by atoms with Gasteiger partial charge < -0.3 is 15.0 Å². The first-order chi connectivity index (χ1) is 14.3. The van der Waals surface area contributed by atoms with Gasteiger partial charge in [-0.1, -0.05) is 0 Å². The number of anilines is 1. The molecule has 5 rings (SSSR count). The van der Waals surface area contributed by atoms with Crippen molar-refractivity contribution in [2.75, 3.05) is 31.2 Å².